The van der Waals surface area contributed by atoms with Crippen LogP contribution in [-0.4, -0.2) is 95.7 Å². The van der Waals surface area contributed by atoms with E-state index in [4.69, 9.17) is 4.74 Å². The highest BCUT2D eigenvalue weighted by molar-refractivity contribution is 6.06. The first-order valence-corrected chi connectivity index (χ1v) is 14.7. The normalized spacial score (nSPS) is 31.3. The van der Waals surface area contributed by atoms with Gasteiger partial charge in [0, 0.05) is 50.6 Å². The summed E-state index contributed by atoms with van der Waals surface area (Å²) in [6, 6.07) is 6.90. The number of amides is 3. The fraction of sp³-hybridized carbons (Fsp3) is 0.581. The number of carbonyl (C=O) groups is 3. The van der Waals surface area contributed by atoms with Crippen molar-refractivity contribution in [2.24, 2.45) is 11.8 Å². The standard InChI is InChI=1S/C31H42N4O5/c1-5-17-33-18-9-15-30(6-2)24(27(33)37)25-28(38)35(20-21-36)26-29(39)34(19-10-16-31(25,26)40-30)23-13-11-22(12-14-23)32(7-3)8-4/h9-16,24-26,36H,5-8,17-21H2,1-4H3/t24-,25+,26?,30+,31+/m1/s1. The summed E-state index contributed by atoms with van der Waals surface area (Å²) in [4.78, 5) is 49.9. The topological polar surface area (TPSA) is 93.6 Å². The van der Waals surface area contributed by atoms with Crippen molar-refractivity contribution >= 4 is 29.1 Å². The average Bonchev–Trinajstić information content (AvgIpc) is 3.24. The summed E-state index contributed by atoms with van der Waals surface area (Å²) < 4.78 is 6.94. The minimum absolute atomic E-state index is 0.00598. The van der Waals surface area contributed by atoms with Gasteiger partial charge in [-0.15, -0.1) is 0 Å². The number of aliphatic hydroxyl groups is 1. The first kappa shape index (κ1) is 28.4. The molecule has 1 unspecified atom stereocenters. The molecule has 2 fully saturated rings. The van der Waals surface area contributed by atoms with Gasteiger partial charge in [0.2, 0.25) is 11.8 Å². The second-order valence-corrected chi connectivity index (χ2v) is 11.1. The second kappa shape index (κ2) is 11.0. The summed E-state index contributed by atoms with van der Waals surface area (Å²) in [5, 5.41) is 9.93. The Morgan fingerprint density at radius 3 is 2.23 bits per heavy atom. The van der Waals surface area contributed by atoms with E-state index < -0.39 is 29.1 Å². The molecule has 2 saturated heterocycles. The monoisotopic (exact) mass is 550 g/mol. The third kappa shape index (κ3) is 4.16. The number of fused-ring (bicyclic) bond motifs is 2. The van der Waals surface area contributed by atoms with Crippen molar-refractivity contribution in [3.8, 4) is 0 Å². The van der Waals surface area contributed by atoms with E-state index in [2.05, 4.69) is 18.7 Å². The van der Waals surface area contributed by atoms with Gasteiger partial charge in [0.05, 0.1) is 24.0 Å². The number of aliphatic hydroxyl groups excluding tert-OH is 1. The zero-order valence-electron chi connectivity index (χ0n) is 24.1. The molecule has 1 spiro atoms. The van der Waals surface area contributed by atoms with E-state index in [1.165, 1.54) is 4.90 Å². The maximum absolute atomic E-state index is 14.4. The number of rotatable bonds is 9. The molecule has 0 aliphatic carbocycles. The van der Waals surface area contributed by atoms with Crippen molar-refractivity contribution in [2.45, 2.75) is 57.8 Å². The van der Waals surface area contributed by atoms with Gasteiger partial charge in [0.15, 0.2) is 0 Å². The summed E-state index contributed by atoms with van der Waals surface area (Å²) in [5.41, 5.74) is -0.499. The average molecular weight is 551 g/mol. The summed E-state index contributed by atoms with van der Waals surface area (Å²) >= 11 is 0. The number of carbonyl (C=O) groups excluding carboxylic acids is 3. The lowest BCUT2D eigenvalue weighted by atomic mass is 9.73. The molecule has 4 aliphatic heterocycles. The molecule has 0 bridgehead atoms. The van der Waals surface area contributed by atoms with Gasteiger partial charge in [0.1, 0.15) is 11.6 Å². The number of benzene rings is 1. The number of likely N-dealkylation sites (tertiary alicyclic amines) is 1. The van der Waals surface area contributed by atoms with Crippen molar-refractivity contribution < 1.29 is 24.2 Å². The van der Waals surface area contributed by atoms with Crippen LogP contribution in [0.1, 0.15) is 40.5 Å². The van der Waals surface area contributed by atoms with Gasteiger partial charge in [0.25, 0.3) is 5.91 Å². The third-order valence-electron chi connectivity index (χ3n) is 9.15. The number of hydrogen-bond acceptors (Lipinski definition) is 6. The van der Waals surface area contributed by atoms with Gasteiger partial charge in [-0.25, -0.2) is 0 Å². The zero-order chi connectivity index (χ0) is 28.7. The maximum Gasteiger partial charge on any atom is 0.253 e. The van der Waals surface area contributed by atoms with Crippen molar-refractivity contribution in [2.75, 3.05) is 55.7 Å². The first-order valence-electron chi connectivity index (χ1n) is 14.7. The maximum atomic E-state index is 14.4. The number of nitrogens with zero attached hydrogens (tertiary/aromatic N) is 4. The molecule has 9 nitrogen and oxygen atoms in total. The highest BCUT2D eigenvalue weighted by Crippen LogP contribution is 2.58. The van der Waals surface area contributed by atoms with Crippen LogP contribution in [0.3, 0.4) is 0 Å². The molecule has 0 aromatic heterocycles. The summed E-state index contributed by atoms with van der Waals surface area (Å²) in [5.74, 6) is -2.30. The Hall–Kier alpha value is -3.17. The number of ether oxygens (including phenoxy) is 1. The molecular weight excluding hydrogens is 508 g/mol. The van der Waals surface area contributed by atoms with Gasteiger partial charge < -0.3 is 29.4 Å². The zero-order valence-corrected chi connectivity index (χ0v) is 24.1. The Morgan fingerprint density at radius 1 is 0.900 bits per heavy atom. The van der Waals surface area contributed by atoms with Crippen molar-refractivity contribution in [1.29, 1.82) is 0 Å². The number of anilines is 2. The van der Waals surface area contributed by atoms with Gasteiger partial charge in [-0.2, -0.15) is 0 Å². The highest BCUT2D eigenvalue weighted by atomic mass is 16.5. The van der Waals surface area contributed by atoms with Gasteiger partial charge >= 0.3 is 0 Å². The molecular formula is C31H42N4O5. The van der Waals surface area contributed by atoms with Crippen LogP contribution in [0.2, 0.25) is 0 Å². The molecule has 4 heterocycles. The molecule has 3 amide bonds. The third-order valence-corrected chi connectivity index (χ3v) is 9.15. The Labute approximate surface area is 237 Å². The molecule has 9 heteroatoms. The van der Waals surface area contributed by atoms with Crippen LogP contribution >= 0.6 is 0 Å². The fourth-order valence-electron chi connectivity index (χ4n) is 7.29. The molecule has 0 radical (unpaired) electrons. The molecule has 4 aliphatic rings. The van der Waals surface area contributed by atoms with Crippen LogP contribution in [0.15, 0.2) is 48.6 Å². The quantitative estimate of drug-likeness (QED) is 0.475. The van der Waals surface area contributed by atoms with E-state index >= 15 is 0 Å². The largest absolute Gasteiger partial charge is 0.395 e. The fourth-order valence-corrected chi connectivity index (χ4v) is 7.29. The van der Waals surface area contributed by atoms with Crippen LogP contribution < -0.4 is 9.80 Å². The molecule has 1 N–H and O–H groups in total. The second-order valence-electron chi connectivity index (χ2n) is 11.1. The molecule has 5 atom stereocenters. The van der Waals surface area contributed by atoms with Crippen molar-refractivity contribution in [3.05, 3.63) is 48.6 Å². The van der Waals surface area contributed by atoms with E-state index in [0.29, 0.717) is 26.1 Å². The Kier molecular flexibility index (Phi) is 7.81. The van der Waals surface area contributed by atoms with E-state index in [1.54, 1.807) is 9.80 Å². The minimum atomic E-state index is -1.31. The summed E-state index contributed by atoms with van der Waals surface area (Å²) in [6.07, 6.45) is 8.96. The number of hydrogen-bond donors (Lipinski definition) is 1. The lowest BCUT2D eigenvalue weighted by molar-refractivity contribution is -0.150. The lowest BCUT2D eigenvalue weighted by Gasteiger charge is -2.38. The van der Waals surface area contributed by atoms with Crippen molar-refractivity contribution in [1.82, 2.24) is 9.80 Å². The summed E-state index contributed by atoms with van der Waals surface area (Å²) in [7, 11) is 0. The predicted octanol–water partition coefficient (Wildman–Crippen LogP) is 2.60. The van der Waals surface area contributed by atoms with Crippen LogP contribution in [0, 0.1) is 11.8 Å². The van der Waals surface area contributed by atoms with Gasteiger partial charge in [-0.3, -0.25) is 14.4 Å². The molecule has 40 heavy (non-hydrogen) atoms. The van der Waals surface area contributed by atoms with Gasteiger partial charge in [-0.05, 0) is 51.0 Å². The smallest absolute Gasteiger partial charge is 0.253 e. The van der Waals surface area contributed by atoms with E-state index in [9.17, 15) is 19.5 Å². The SMILES string of the molecule is CCCN1CC=C[C@]2(CC)O[C@]34C=CCN(c5ccc(N(CC)CC)cc5)C(=O)C3N(CCO)C(=O)[C@@H]4[C@@H]2C1=O. The van der Waals surface area contributed by atoms with Crippen molar-refractivity contribution in [3.63, 3.8) is 0 Å². The van der Waals surface area contributed by atoms with Crippen LogP contribution in [0.4, 0.5) is 11.4 Å². The molecule has 1 aromatic carbocycles. The highest BCUT2D eigenvalue weighted by Gasteiger charge is 2.75. The van der Waals surface area contributed by atoms with Crippen LogP contribution in [0.5, 0.6) is 0 Å². The first-order chi connectivity index (χ1) is 19.3. The number of β-amino-alcohol motifs (C(OH)–C–C–N with tert-alkyl or cyclic N) is 1. The van der Waals surface area contributed by atoms with Gasteiger partial charge in [-0.1, -0.05) is 38.2 Å². The lowest BCUT2D eigenvalue weighted by Crippen LogP contribution is -2.56. The molecule has 216 valence electrons. The van der Waals surface area contributed by atoms with E-state index in [0.717, 1.165) is 30.9 Å². The van der Waals surface area contributed by atoms with Crippen LogP contribution in [-0.2, 0) is 19.1 Å². The molecule has 5 rings (SSSR count). The predicted molar refractivity (Wildman–Crippen MR) is 154 cm³/mol. The Bertz CT molecular complexity index is 1190. The van der Waals surface area contributed by atoms with E-state index in [-0.39, 0.29) is 30.9 Å². The molecule has 0 saturated carbocycles. The van der Waals surface area contributed by atoms with Crippen LogP contribution in [0.25, 0.3) is 0 Å². The summed E-state index contributed by atoms with van der Waals surface area (Å²) in [6.45, 7) is 11.0. The molecule has 1 aromatic rings. The Balaban J connectivity index is 1.58. The van der Waals surface area contributed by atoms with E-state index in [1.807, 2.05) is 62.4 Å². The Morgan fingerprint density at radius 2 is 1.60 bits per heavy atom. The minimum Gasteiger partial charge on any atom is -0.395 e.